The van der Waals surface area contributed by atoms with Gasteiger partial charge in [-0.2, -0.15) is 4.98 Å². The molecule has 0 bridgehead atoms. The number of hydrogen-bond donors (Lipinski definition) is 1. The monoisotopic (exact) mass is 319 g/mol. The molecular weight excluding hydrogens is 301 g/mol. The average molecular weight is 319 g/mol. The van der Waals surface area contributed by atoms with Gasteiger partial charge in [0, 0.05) is 19.0 Å². The predicted molar refractivity (Wildman–Crippen MR) is 82.3 cm³/mol. The van der Waals surface area contributed by atoms with Crippen molar-refractivity contribution in [2.24, 2.45) is 0 Å². The minimum atomic E-state index is -0.308. The van der Waals surface area contributed by atoms with Crippen molar-refractivity contribution in [2.45, 2.75) is 12.5 Å². The highest BCUT2D eigenvalue weighted by atomic mass is 19.1. The lowest BCUT2D eigenvalue weighted by molar-refractivity contribution is 0.196. The van der Waals surface area contributed by atoms with E-state index in [0.717, 1.165) is 13.0 Å². The molecule has 0 radical (unpaired) electrons. The van der Waals surface area contributed by atoms with Gasteiger partial charge in [0.15, 0.2) is 5.82 Å². The van der Waals surface area contributed by atoms with Gasteiger partial charge in [-0.15, -0.1) is 0 Å². The number of ether oxygens (including phenoxy) is 2. The molecule has 1 unspecified atom stereocenters. The highest BCUT2D eigenvalue weighted by Crippen LogP contribution is 2.23. The molecule has 0 aliphatic carbocycles. The van der Waals surface area contributed by atoms with Crippen molar-refractivity contribution in [3.8, 4) is 11.6 Å². The molecule has 1 aliphatic rings. The van der Waals surface area contributed by atoms with Gasteiger partial charge in [0.25, 0.3) is 0 Å². The normalized spacial score (nSPS) is 17.3. The first-order valence-corrected chi connectivity index (χ1v) is 7.47. The van der Waals surface area contributed by atoms with E-state index in [1.165, 1.54) is 18.3 Å². The minimum absolute atomic E-state index is 0.0272. The summed E-state index contributed by atoms with van der Waals surface area (Å²) < 4.78 is 24.3. The van der Waals surface area contributed by atoms with E-state index in [9.17, 15) is 4.39 Å². The molecule has 0 saturated carbocycles. The molecule has 2 aromatic rings. The Morgan fingerprint density at radius 2 is 2.26 bits per heavy atom. The Hall–Kier alpha value is -2.41. The smallest absolute Gasteiger partial charge is 0.234 e. The minimum Gasteiger partial charge on any atom is -0.488 e. The quantitative estimate of drug-likeness (QED) is 0.873. The fraction of sp³-hybridized carbons (Fsp3) is 0.375. The number of halogens is 1. The third kappa shape index (κ3) is 4.07. The van der Waals surface area contributed by atoms with Gasteiger partial charge in [-0.1, -0.05) is 6.07 Å². The van der Waals surface area contributed by atoms with Crippen molar-refractivity contribution in [1.29, 1.82) is 0 Å². The van der Waals surface area contributed by atoms with Gasteiger partial charge in [0.05, 0.1) is 25.5 Å². The summed E-state index contributed by atoms with van der Waals surface area (Å²) in [6, 6.07) is 6.15. The van der Waals surface area contributed by atoms with Gasteiger partial charge in [-0.3, -0.25) is 4.98 Å². The molecule has 7 heteroatoms. The molecule has 1 saturated heterocycles. The standard InChI is InChI=1S/C16H18FN3O3/c17-12-2-1-3-13(8-12)23-14-4-5-20(11-14)15-9-18-10-16(19-15)22-7-6-21/h1-3,8-10,14,21H,4-7,11H2. The fourth-order valence-corrected chi connectivity index (χ4v) is 2.48. The molecule has 0 amide bonds. The van der Waals surface area contributed by atoms with Crippen LogP contribution in [0.1, 0.15) is 6.42 Å². The molecule has 1 fully saturated rings. The Kier molecular flexibility index (Phi) is 4.87. The molecule has 2 heterocycles. The topological polar surface area (TPSA) is 67.7 Å². The Balaban J connectivity index is 1.61. The zero-order valence-corrected chi connectivity index (χ0v) is 12.6. The number of benzene rings is 1. The van der Waals surface area contributed by atoms with Gasteiger partial charge in [-0.05, 0) is 12.1 Å². The van der Waals surface area contributed by atoms with E-state index < -0.39 is 0 Å². The zero-order valence-electron chi connectivity index (χ0n) is 12.6. The van der Waals surface area contributed by atoms with Crippen molar-refractivity contribution >= 4 is 5.82 Å². The van der Waals surface area contributed by atoms with Crippen LogP contribution in [0, 0.1) is 5.82 Å². The van der Waals surface area contributed by atoms with E-state index in [-0.39, 0.29) is 25.1 Å². The number of anilines is 1. The van der Waals surface area contributed by atoms with Gasteiger partial charge in [0.1, 0.15) is 24.3 Å². The lowest BCUT2D eigenvalue weighted by Crippen LogP contribution is -2.25. The first-order valence-electron chi connectivity index (χ1n) is 7.47. The highest BCUT2D eigenvalue weighted by molar-refractivity contribution is 5.39. The largest absolute Gasteiger partial charge is 0.488 e. The SMILES string of the molecule is OCCOc1cncc(N2CCC(Oc3cccc(F)c3)C2)n1. The molecule has 1 atom stereocenters. The molecule has 1 N–H and O–H groups in total. The van der Waals surface area contributed by atoms with Crippen LogP contribution in [0.2, 0.25) is 0 Å². The molecule has 1 aromatic heterocycles. The van der Waals surface area contributed by atoms with Crippen LogP contribution in [-0.2, 0) is 0 Å². The van der Waals surface area contributed by atoms with Crippen molar-refractivity contribution < 1.29 is 19.0 Å². The molecule has 122 valence electrons. The van der Waals surface area contributed by atoms with E-state index in [1.54, 1.807) is 18.3 Å². The molecular formula is C16H18FN3O3. The molecule has 6 nitrogen and oxygen atoms in total. The van der Waals surface area contributed by atoms with Crippen molar-refractivity contribution in [2.75, 3.05) is 31.2 Å². The molecule has 3 rings (SSSR count). The molecule has 23 heavy (non-hydrogen) atoms. The van der Waals surface area contributed by atoms with Crippen LogP contribution in [0.5, 0.6) is 11.6 Å². The van der Waals surface area contributed by atoms with E-state index in [4.69, 9.17) is 14.6 Å². The predicted octanol–water partition coefficient (Wildman–Crippen LogP) is 1.64. The average Bonchev–Trinajstić information content (AvgIpc) is 3.02. The Morgan fingerprint density at radius 1 is 1.35 bits per heavy atom. The maximum atomic E-state index is 13.2. The summed E-state index contributed by atoms with van der Waals surface area (Å²) in [5.74, 6) is 1.30. The van der Waals surface area contributed by atoms with Crippen molar-refractivity contribution in [3.63, 3.8) is 0 Å². The van der Waals surface area contributed by atoms with Crippen LogP contribution in [0.3, 0.4) is 0 Å². The van der Waals surface area contributed by atoms with E-state index >= 15 is 0 Å². The molecule has 1 aromatic carbocycles. The van der Waals surface area contributed by atoms with Crippen LogP contribution >= 0.6 is 0 Å². The highest BCUT2D eigenvalue weighted by Gasteiger charge is 2.25. The first-order chi connectivity index (χ1) is 11.2. The summed E-state index contributed by atoms with van der Waals surface area (Å²) >= 11 is 0. The maximum absolute atomic E-state index is 13.2. The lowest BCUT2D eigenvalue weighted by atomic mass is 10.3. The second-order valence-electron chi connectivity index (χ2n) is 5.22. The van der Waals surface area contributed by atoms with E-state index in [1.807, 2.05) is 4.90 Å². The number of hydrogen-bond acceptors (Lipinski definition) is 6. The van der Waals surface area contributed by atoms with E-state index in [2.05, 4.69) is 9.97 Å². The third-order valence-corrected chi connectivity index (χ3v) is 3.51. The second kappa shape index (κ2) is 7.23. The van der Waals surface area contributed by atoms with Gasteiger partial charge < -0.3 is 19.5 Å². The van der Waals surface area contributed by atoms with Crippen molar-refractivity contribution in [1.82, 2.24) is 9.97 Å². The number of rotatable bonds is 6. The fourth-order valence-electron chi connectivity index (χ4n) is 2.48. The third-order valence-electron chi connectivity index (χ3n) is 3.51. The number of aromatic nitrogens is 2. The summed E-state index contributed by atoms with van der Waals surface area (Å²) in [5, 5.41) is 8.78. The number of nitrogens with zero attached hydrogens (tertiary/aromatic N) is 3. The lowest BCUT2D eigenvalue weighted by Gasteiger charge is -2.18. The Bertz CT molecular complexity index is 656. The van der Waals surface area contributed by atoms with Gasteiger partial charge >= 0.3 is 0 Å². The second-order valence-corrected chi connectivity index (χ2v) is 5.22. The van der Waals surface area contributed by atoms with Crippen LogP contribution in [0.4, 0.5) is 10.2 Å². The summed E-state index contributed by atoms with van der Waals surface area (Å²) in [5.41, 5.74) is 0. The summed E-state index contributed by atoms with van der Waals surface area (Å²) in [7, 11) is 0. The van der Waals surface area contributed by atoms with E-state index in [0.29, 0.717) is 24.0 Å². The van der Waals surface area contributed by atoms with Gasteiger partial charge in [0.2, 0.25) is 5.88 Å². The number of aliphatic hydroxyl groups excluding tert-OH is 1. The van der Waals surface area contributed by atoms with Crippen LogP contribution in [-0.4, -0.2) is 47.5 Å². The summed E-state index contributed by atoms with van der Waals surface area (Å²) in [4.78, 5) is 10.5. The van der Waals surface area contributed by atoms with Gasteiger partial charge in [-0.25, -0.2) is 4.39 Å². The first kappa shape index (κ1) is 15.5. The molecule has 0 spiro atoms. The van der Waals surface area contributed by atoms with Crippen molar-refractivity contribution in [3.05, 3.63) is 42.5 Å². The van der Waals surface area contributed by atoms with Crippen LogP contribution < -0.4 is 14.4 Å². The Labute approximate surface area is 133 Å². The van der Waals surface area contributed by atoms with Crippen LogP contribution in [0.15, 0.2) is 36.7 Å². The summed E-state index contributed by atoms with van der Waals surface area (Å²) in [6.07, 6.45) is 3.97. The zero-order chi connectivity index (χ0) is 16.1. The molecule has 1 aliphatic heterocycles. The Morgan fingerprint density at radius 3 is 3.09 bits per heavy atom. The maximum Gasteiger partial charge on any atom is 0.234 e. The van der Waals surface area contributed by atoms with Crippen LogP contribution in [0.25, 0.3) is 0 Å². The summed E-state index contributed by atoms with van der Waals surface area (Å²) in [6.45, 7) is 1.54. The number of aliphatic hydroxyl groups is 1.